The van der Waals surface area contributed by atoms with Crippen LogP contribution >= 0.6 is 0 Å². The van der Waals surface area contributed by atoms with Crippen molar-refractivity contribution in [2.45, 2.75) is 33.2 Å². The molecule has 0 bridgehead atoms. The molecular weight excluding hydrogens is 422 g/mol. The van der Waals surface area contributed by atoms with E-state index in [4.69, 9.17) is 5.10 Å². The molecule has 0 saturated carbocycles. The molecule has 2 aromatic carbocycles. The molecule has 0 spiro atoms. The van der Waals surface area contributed by atoms with Gasteiger partial charge < -0.3 is 9.88 Å². The molecule has 1 aliphatic heterocycles. The average molecular weight is 454 g/mol. The number of nitrogens with one attached hydrogen (secondary N) is 1. The van der Waals surface area contributed by atoms with Crippen LogP contribution in [0.5, 0.6) is 0 Å². The fourth-order valence-corrected chi connectivity index (χ4v) is 4.83. The van der Waals surface area contributed by atoms with Crippen molar-refractivity contribution < 1.29 is 4.79 Å². The summed E-state index contributed by atoms with van der Waals surface area (Å²) in [6, 6.07) is 20.4. The minimum absolute atomic E-state index is 0.0474. The number of rotatable bonds is 6. The molecule has 5 rings (SSSR count). The number of anilines is 1. The molecule has 6 heteroatoms. The summed E-state index contributed by atoms with van der Waals surface area (Å²) in [5.41, 5.74) is 5.40. The van der Waals surface area contributed by atoms with Gasteiger partial charge in [-0.15, -0.1) is 0 Å². The van der Waals surface area contributed by atoms with E-state index in [-0.39, 0.29) is 11.8 Å². The van der Waals surface area contributed by atoms with Crippen molar-refractivity contribution in [2.24, 2.45) is 5.92 Å². The number of likely N-dealkylation sites (tertiary alicyclic amines) is 1. The first kappa shape index (κ1) is 22.2. The Bertz CT molecular complexity index is 1230. The van der Waals surface area contributed by atoms with Gasteiger partial charge in [0.15, 0.2) is 0 Å². The van der Waals surface area contributed by atoms with Gasteiger partial charge in [0.25, 0.3) is 0 Å². The van der Waals surface area contributed by atoms with Crippen molar-refractivity contribution in [1.82, 2.24) is 19.2 Å². The Balaban J connectivity index is 1.27. The van der Waals surface area contributed by atoms with Gasteiger partial charge in [-0.25, -0.2) is 4.68 Å². The molecule has 0 unspecified atom stereocenters. The van der Waals surface area contributed by atoms with Gasteiger partial charge in [-0.05, 0) is 75.2 Å². The zero-order valence-corrected chi connectivity index (χ0v) is 19.8. The van der Waals surface area contributed by atoms with Gasteiger partial charge in [-0.3, -0.25) is 9.69 Å². The Hall–Kier alpha value is -3.64. The second-order valence-corrected chi connectivity index (χ2v) is 9.14. The molecule has 34 heavy (non-hydrogen) atoms. The highest BCUT2D eigenvalue weighted by molar-refractivity contribution is 5.94. The molecular formula is C28H31N5O. The highest BCUT2D eigenvalue weighted by Gasteiger charge is 2.27. The lowest BCUT2D eigenvalue weighted by molar-refractivity contribution is -0.121. The van der Waals surface area contributed by atoms with Gasteiger partial charge in [-0.2, -0.15) is 5.10 Å². The first-order valence-corrected chi connectivity index (χ1v) is 12.0. The summed E-state index contributed by atoms with van der Waals surface area (Å²) in [7, 11) is 0. The van der Waals surface area contributed by atoms with E-state index in [1.54, 1.807) is 0 Å². The third kappa shape index (κ3) is 4.54. The molecule has 0 atom stereocenters. The van der Waals surface area contributed by atoms with Crippen LogP contribution in [0.25, 0.3) is 11.5 Å². The zero-order chi connectivity index (χ0) is 23.5. The molecule has 0 aliphatic carbocycles. The number of aryl methyl sites for hydroxylation is 2. The van der Waals surface area contributed by atoms with Crippen molar-refractivity contribution in [3.8, 4) is 11.5 Å². The van der Waals surface area contributed by atoms with E-state index < -0.39 is 0 Å². The summed E-state index contributed by atoms with van der Waals surface area (Å²) in [5, 5.41) is 7.91. The molecule has 1 fully saturated rings. The van der Waals surface area contributed by atoms with Crippen LogP contribution in [-0.2, 0) is 11.3 Å². The lowest BCUT2D eigenvalue weighted by Crippen LogP contribution is -2.38. The predicted molar refractivity (Wildman–Crippen MR) is 135 cm³/mol. The summed E-state index contributed by atoms with van der Waals surface area (Å²) in [6.45, 7) is 6.69. The topological polar surface area (TPSA) is 55.1 Å². The zero-order valence-electron chi connectivity index (χ0n) is 19.8. The van der Waals surface area contributed by atoms with Crippen LogP contribution in [0.15, 0.2) is 79.3 Å². The maximum absolute atomic E-state index is 13.0. The number of carbonyl (C=O) groups is 1. The SMILES string of the molecule is Cc1cccc(C)c1NC(=O)C1CCN(Cc2cnn(-c3ccccc3)c2-n2cccc2)CC1. The number of nitrogens with zero attached hydrogens (tertiary/aromatic N) is 4. The lowest BCUT2D eigenvalue weighted by atomic mass is 9.95. The number of carbonyl (C=O) groups excluding carboxylic acids is 1. The predicted octanol–water partition coefficient (Wildman–Crippen LogP) is 5.13. The first-order chi connectivity index (χ1) is 16.6. The van der Waals surface area contributed by atoms with Crippen LogP contribution in [0, 0.1) is 19.8 Å². The van der Waals surface area contributed by atoms with Gasteiger partial charge in [0.05, 0.1) is 11.9 Å². The summed E-state index contributed by atoms with van der Waals surface area (Å²) < 4.78 is 4.13. The molecule has 174 valence electrons. The maximum Gasteiger partial charge on any atom is 0.227 e. The number of aromatic nitrogens is 3. The molecule has 1 aliphatic rings. The largest absolute Gasteiger partial charge is 0.325 e. The average Bonchev–Trinajstić information content (AvgIpc) is 3.52. The van der Waals surface area contributed by atoms with Crippen molar-refractivity contribution >= 4 is 11.6 Å². The molecule has 1 N–H and O–H groups in total. The molecule has 2 aromatic heterocycles. The highest BCUT2D eigenvalue weighted by atomic mass is 16.1. The summed E-state index contributed by atoms with van der Waals surface area (Å²) in [5.74, 6) is 1.25. The van der Waals surface area contributed by atoms with E-state index >= 15 is 0 Å². The fraction of sp³-hybridized carbons (Fsp3) is 0.286. The van der Waals surface area contributed by atoms with Crippen LogP contribution in [0.4, 0.5) is 5.69 Å². The van der Waals surface area contributed by atoms with E-state index in [2.05, 4.69) is 39.3 Å². The lowest BCUT2D eigenvalue weighted by Gasteiger charge is -2.31. The minimum Gasteiger partial charge on any atom is -0.325 e. The molecule has 3 heterocycles. The van der Waals surface area contributed by atoms with E-state index in [1.165, 1.54) is 5.56 Å². The second-order valence-electron chi connectivity index (χ2n) is 9.14. The minimum atomic E-state index is 0.0474. The smallest absolute Gasteiger partial charge is 0.227 e. The van der Waals surface area contributed by atoms with Gasteiger partial charge >= 0.3 is 0 Å². The second kappa shape index (κ2) is 9.69. The van der Waals surface area contributed by atoms with Crippen molar-refractivity contribution in [3.63, 3.8) is 0 Å². The Morgan fingerprint density at radius 1 is 0.941 bits per heavy atom. The van der Waals surface area contributed by atoms with Crippen molar-refractivity contribution in [3.05, 3.63) is 95.9 Å². The Morgan fingerprint density at radius 3 is 2.29 bits per heavy atom. The van der Waals surface area contributed by atoms with Crippen LogP contribution in [0.1, 0.15) is 29.5 Å². The quantitative estimate of drug-likeness (QED) is 0.440. The normalized spacial score (nSPS) is 14.9. The molecule has 6 nitrogen and oxygen atoms in total. The molecule has 4 aromatic rings. The Kier molecular flexibility index (Phi) is 6.32. The number of amides is 1. The van der Waals surface area contributed by atoms with Gasteiger partial charge in [-0.1, -0.05) is 36.4 Å². The highest BCUT2D eigenvalue weighted by Crippen LogP contribution is 2.26. The monoisotopic (exact) mass is 453 g/mol. The van der Waals surface area contributed by atoms with Gasteiger partial charge in [0, 0.05) is 36.1 Å². The van der Waals surface area contributed by atoms with Crippen LogP contribution < -0.4 is 5.32 Å². The van der Waals surface area contributed by atoms with E-state index in [0.717, 1.165) is 60.8 Å². The summed E-state index contributed by atoms with van der Waals surface area (Å²) in [6.07, 6.45) is 7.82. The van der Waals surface area contributed by atoms with E-state index in [9.17, 15) is 4.79 Å². The van der Waals surface area contributed by atoms with Crippen LogP contribution in [-0.4, -0.2) is 38.2 Å². The number of para-hydroxylation sites is 2. The first-order valence-electron chi connectivity index (χ1n) is 12.0. The number of piperidine rings is 1. The Labute approximate surface area is 200 Å². The third-order valence-corrected chi connectivity index (χ3v) is 6.75. The van der Waals surface area contributed by atoms with Crippen LogP contribution in [0.2, 0.25) is 0 Å². The third-order valence-electron chi connectivity index (χ3n) is 6.75. The van der Waals surface area contributed by atoms with Gasteiger partial charge in [0.2, 0.25) is 5.91 Å². The molecule has 0 radical (unpaired) electrons. The van der Waals surface area contributed by atoms with E-state index in [1.807, 2.05) is 73.3 Å². The number of hydrogen-bond donors (Lipinski definition) is 1. The van der Waals surface area contributed by atoms with Crippen molar-refractivity contribution in [2.75, 3.05) is 18.4 Å². The van der Waals surface area contributed by atoms with Crippen molar-refractivity contribution in [1.29, 1.82) is 0 Å². The number of hydrogen-bond acceptors (Lipinski definition) is 3. The number of benzene rings is 2. The summed E-state index contributed by atoms with van der Waals surface area (Å²) in [4.78, 5) is 15.4. The fourth-order valence-electron chi connectivity index (χ4n) is 4.83. The Morgan fingerprint density at radius 2 is 1.62 bits per heavy atom. The summed E-state index contributed by atoms with van der Waals surface area (Å²) >= 11 is 0. The maximum atomic E-state index is 13.0. The molecule has 1 saturated heterocycles. The van der Waals surface area contributed by atoms with Crippen LogP contribution in [0.3, 0.4) is 0 Å². The van der Waals surface area contributed by atoms with E-state index in [0.29, 0.717) is 0 Å². The standard InChI is InChI=1S/C28H31N5O/c1-21-9-8-10-22(2)26(21)30-27(34)23-13-17-31(18-14-23)20-24-19-29-33(25-11-4-3-5-12-25)28(24)32-15-6-7-16-32/h3-12,15-16,19,23H,13-14,17-18,20H2,1-2H3,(H,30,34). The van der Waals surface area contributed by atoms with Gasteiger partial charge in [0.1, 0.15) is 5.82 Å². The molecule has 1 amide bonds.